The highest BCUT2D eigenvalue weighted by atomic mass is 35.5. The lowest BCUT2D eigenvalue weighted by atomic mass is 10.0. The van der Waals surface area contributed by atoms with E-state index in [9.17, 15) is 0 Å². The van der Waals surface area contributed by atoms with Crippen molar-refractivity contribution in [3.05, 3.63) is 23.5 Å². The van der Waals surface area contributed by atoms with Crippen LogP contribution in [0.25, 0.3) is 0 Å². The molecule has 2 heterocycles. The number of piperazine rings is 1. The van der Waals surface area contributed by atoms with Crippen LogP contribution < -0.4 is 4.90 Å². The lowest BCUT2D eigenvalue weighted by Gasteiger charge is -2.41. The van der Waals surface area contributed by atoms with E-state index < -0.39 is 5.54 Å². The number of pyridine rings is 1. The van der Waals surface area contributed by atoms with E-state index in [1.54, 1.807) is 12.4 Å². The van der Waals surface area contributed by atoms with Crippen molar-refractivity contribution >= 4 is 17.3 Å². The second kappa shape index (κ2) is 5.13. The average molecular weight is 265 g/mol. The largest absolute Gasteiger partial charge is 0.368 e. The Labute approximate surface area is 113 Å². The van der Waals surface area contributed by atoms with Gasteiger partial charge in [0.25, 0.3) is 0 Å². The van der Waals surface area contributed by atoms with Crippen LogP contribution in [-0.2, 0) is 0 Å². The van der Waals surface area contributed by atoms with E-state index in [2.05, 4.69) is 20.9 Å². The van der Waals surface area contributed by atoms with Gasteiger partial charge in [-0.3, -0.25) is 9.88 Å². The Morgan fingerprint density at radius 1 is 1.33 bits per heavy atom. The second-order valence-electron chi connectivity index (χ2n) is 4.97. The molecule has 96 valence electrons. The molecule has 5 heteroatoms. The van der Waals surface area contributed by atoms with E-state index in [1.165, 1.54) is 0 Å². The Morgan fingerprint density at radius 3 is 2.56 bits per heavy atom. The molecule has 0 atom stereocenters. The molecule has 1 aromatic rings. The van der Waals surface area contributed by atoms with Crippen molar-refractivity contribution in [2.45, 2.75) is 19.4 Å². The van der Waals surface area contributed by atoms with Crippen molar-refractivity contribution in [2.75, 3.05) is 31.1 Å². The third kappa shape index (κ3) is 2.58. The number of nitriles is 1. The Balaban J connectivity index is 2.04. The summed E-state index contributed by atoms with van der Waals surface area (Å²) in [7, 11) is 0. The first kappa shape index (κ1) is 13.1. The molecule has 1 saturated heterocycles. The van der Waals surface area contributed by atoms with E-state index in [1.807, 2.05) is 19.9 Å². The zero-order chi connectivity index (χ0) is 13.2. The molecule has 1 aliphatic heterocycles. The van der Waals surface area contributed by atoms with Gasteiger partial charge in [0.1, 0.15) is 5.54 Å². The number of anilines is 1. The maximum atomic E-state index is 9.14. The highest BCUT2D eigenvalue weighted by Gasteiger charge is 2.30. The highest BCUT2D eigenvalue weighted by molar-refractivity contribution is 6.33. The summed E-state index contributed by atoms with van der Waals surface area (Å²) in [5, 5.41) is 9.82. The summed E-state index contributed by atoms with van der Waals surface area (Å²) in [6.07, 6.45) is 3.43. The molecule has 0 aromatic carbocycles. The summed E-state index contributed by atoms with van der Waals surface area (Å²) in [6, 6.07) is 4.29. The Kier molecular flexibility index (Phi) is 3.74. The van der Waals surface area contributed by atoms with Gasteiger partial charge in [0.15, 0.2) is 0 Å². The molecule has 0 radical (unpaired) electrons. The SMILES string of the molecule is CC(C)(C#N)N1CCN(c2ccncc2Cl)CC1. The molecule has 0 amide bonds. The first-order valence-corrected chi connectivity index (χ1v) is 6.43. The third-order valence-corrected chi connectivity index (χ3v) is 3.73. The summed E-state index contributed by atoms with van der Waals surface area (Å²) in [5.74, 6) is 0. The van der Waals surface area contributed by atoms with Crippen molar-refractivity contribution in [1.29, 1.82) is 5.26 Å². The van der Waals surface area contributed by atoms with Crippen LogP contribution >= 0.6 is 11.6 Å². The van der Waals surface area contributed by atoms with E-state index in [-0.39, 0.29) is 0 Å². The van der Waals surface area contributed by atoms with Gasteiger partial charge in [-0.1, -0.05) is 11.6 Å². The minimum absolute atomic E-state index is 0.395. The van der Waals surface area contributed by atoms with Gasteiger partial charge in [0.05, 0.1) is 16.8 Å². The standard InChI is InChI=1S/C13H17ClN4/c1-13(2,10-15)18-7-5-17(6-8-18)12-3-4-16-9-11(12)14/h3-4,9H,5-8H2,1-2H3. The lowest BCUT2D eigenvalue weighted by molar-refractivity contribution is 0.158. The minimum Gasteiger partial charge on any atom is -0.368 e. The van der Waals surface area contributed by atoms with Crippen LogP contribution in [0.2, 0.25) is 5.02 Å². The van der Waals surface area contributed by atoms with Gasteiger partial charge in [-0.05, 0) is 19.9 Å². The predicted octanol–water partition coefficient (Wildman–Crippen LogP) is 2.16. The van der Waals surface area contributed by atoms with E-state index in [0.717, 1.165) is 31.9 Å². The molecular weight excluding hydrogens is 248 g/mol. The molecule has 2 rings (SSSR count). The fourth-order valence-electron chi connectivity index (χ4n) is 2.20. The lowest BCUT2D eigenvalue weighted by Crippen LogP contribution is -2.54. The number of halogens is 1. The molecule has 0 saturated carbocycles. The Bertz CT molecular complexity index is 458. The van der Waals surface area contributed by atoms with Crippen LogP contribution in [0, 0.1) is 11.3 Å². The van der Waals surface area contributed by atoms with Crippen molar-refractivity contribution in [1.82, 2.24) is 9.88 Å². The van der Waals surface area contributed by atoms with Crippen molar-refractivity contribution < 1.29 is 0 Å². The van der Waals surface area contributed by atoms with Gasteiger partial charge < -0.3 is 4.90 Å². The first-order chi connectivity index (χ1) is 8.54. The molecule has 4 nitrogen and oxygen atoms in total. The number of hydrogen-bond acceptors (Lipinski definition) is 4. The van der Waals surface area contributed by atoms with E-state index in [4.69, 9.17) is 16.9 Å². The predicted molar refractivity (Wildman–Crippen MR) is 72.7 cm³/mol. The topological polar surface area (TPSA) is 43.2 Å². The fraction of sp³-hybridized carbons (Fsp3) is 0.538. The van der Waals surface area contributed by atoms with Crippen LogP contribution in [-0.4, -0.2) is 41.6 Å². The molecular formula is C13H17ClN4. The second-order valence-corrected chi connectivity index (χ2v) is 5.38. The third-order valence-electron chi connectivity index (χ3n) is 3.44. The summed E-state index contributed by atoms with van der Waals surface area (Å²) in [4.78, 5) is 8.45. The number of nitrogens with zero attached hydrogens (tertiary/aromatic N) is 4. The molecule has 0 N–H and O–H groups in total. The quantitative estimate of drug-likeness (QED) is 0.821. The summed E-state index contributed by atoms with van der Waals surface area (Å²) in [5.41, 5.74) is 0.634. The molecule has 1 aromatic heterocycles. The van der Waals surface area contributed by atoms with Crippen LogP contribution in [0.3, 0.4) is 0 Å². The molecule has 0 unspecified atom stereocenters. The van der Waals surface area contributed by atoms with Crippen LogP contribution in [0.4, 0.5) is 5.69 Å². The van der Waals surface area contributed by atoms with E-state index >= 15 is 0 Å². The van der Waals surface area contributed by atoms with Crippen LogP contribution in [0.5, 0.6) is 0 Å². The van der Waals surface area contributed by atoms with Gasteiger partial charge in [0, 0.05) is 38.6 Å². The zero-order valence-corrected chi connectivity index (χ0v) is 11.5. The van der Waals surface area contributed by atoms with Gasteiger partial charge in [-0.15, -0.1) is 0 Å². The van der Waals surface area contributed by atoms with Crippen LogP contribution in [0.1, 0.15) is 13.8 Å². The first-order valence-electron chi connectivity index (χ1n) is 6.05. The van der Waals surface area contributed by atoms with Gasteiger partial charge >= 0.3 is 0 Å². The summed E-state index contributed by atoms with van der Waals surface area (Å²) in [6.45, 7) is 7.44. The zero-order valence-electron chi connectivity index (χ0n) is 10.7. The number of aromatic nitrogens is 1. The number of hydrogen-bond donors (Lipinski definition) is 0. The summed E-state index contributed by atoms with van der Waals surface area (Å²) >= 11 is 6.14. The normalized spacial score (nSPS) is 17.6. The van der Waals surface area contributed by atoms with Gasteiger partial charge in [-0.2, -0.15) is 5.26 Å². The molecule has 1 fully saturated rings. The smallest absolute Gasteiger partial charge is 0.103 e. The van der Waals surface area contributed by atoms with Crippen molar-refractivity contribution in [2.24, 2.45) is 0 Å². The van der Waals surface area contributed by atoms with Gasteiger partial charge in [-0.25, -0.2) is 0 Å². The summed E-state index contributed by atoms with van der Waals surface area (Å²) < 4.78 is 0. The molecule has 18 heavy (non-hydrogen) atoms. The van der Waals surface area contributed by atoms with Crippen molar-refractivity contribution in [3.63, 3.8) is 0 Å². The van der Waals surface area contributed by atoms with Gasteiger partial charge in [0.2, 0.25) is 0 Å². The molecule has 0 aliphatic carbocycles. The van der Waals surface area contributed by atoms with E-state index in [0.29, 0.717) is 5.02 Å². The maximum Gasteiger partial charge on any atom is 0.103 e. The Morgan fingerprint density at radius 2 is 2.00 bits per heavy atom. The molecule has 0 bridgehead atoms. The Hall–Kier alpha value is -1.31. The molecule has 1 aliphatic rings. The minimum atomic E-state index is -0.395. The van der Waals surface area contributed by atoms with Crippen molar-refractivity contribution in [3.8, 4) is 6.07 Å². The molecule has 0 spiro atoms. The average Bonchev–Trinajstić information content (AvgIpc) is 2.39. The van der Waals surface area contributed by atoms with Crippen LogP contribution in [0.15, 0.2) is 18.5 Å². The fourth-order valence-corrected chi connectivity index (χ4v) is 2.44. The monoisotopic (exact) mass is 264 g/mol. The maximum absolute atomic E-state index is 9.14. The number of rotatable bonds is 2. The highest BCUT2D eigenvalue weighted by Crippen LogP contribution is 2.26.